The van der Waals surface area contributed by atoms with E-state index in [4.69, 9.17) is 9.15 Å². The zero-order chi connectivity index (χ0) is 15.0. The van der Waals surface area contributed by atoms with Crippen molar-refractivity contribution in [3.8, 4) is 11.5 Å². The maximum atomic E-state index is 6.02. The molecule has 1 aromatic heterocycles. The van der Waals surface area contributed by atoms with Gasteiger partial charge in [-0.25, -0.2) is 0 Å². The van der Waals surface area contributed by atoms with Crippen LogP contribution in [0.15, 0.2) is 28.7 Å². The van der Waals surface area contributed by atoms with Gasteiger partial charge < -0.3 is 14.5 Å². The summed E-state index contributed by atoms with van der Waals surface area (Å²) >= 11 is 0. The monoisotopic (exact) mass is 299 g/mol. The van der Waals surface area contributed by atoms with Gasteiger partial charge in [0.15, 0.2) is 0 Å². The van der Waals surface area contributed by atoms with Crippen molar-refractivity contribution in [2.45, 2.75) is 25.7 Å². The summed E-state index contributed by atoms with van der Waals surface area (Å²) in [4.78, 5) is 0. The molecule has 4 rings (SSSR count). The first-order valence-corrected chi connectivity index (χ1v) is 7.96. The first-order valence-electron chi connectivity index (χ1n) is 7.96. The molecule has 1 N–H and O–H groups in total. The quantitative estimate of drug-likeness (QED) is 0.923. The number of aryl methyl sites for hydroxylation is 1. The van der Waals surface area contributed by atoms with Crippen molar-refractivity contribution in [1.29, 1.82) is 0 Å². The number of nitrogens with zero attached hydrogens (tertiary/aromatic N) is 2. The molecule has 0 bridgehead atoms. The molecule has 2 aliphatic heterocycles. The van der Waals surface area contributed by atoms with Crippen LogP contribution in [0.1, 0.15) is 30.2 Å². The third-order valence-corrected chi connectivity index (χ3v) is 5.09. The van der Waals surface area contributed by atoms with E-state index in [9.17, 15) is 0 Å². The van der Waals surface area contributed by atoms with E-state index < -0.39 is 0 Å². The highest BCUT2D eigenvalue weighted by molar-refractivity contribution is 5.52. The highest BCUT2D eigenvalue weighted by Crippen LogP contribution is 2.46. The van der Waals surface area contributed by atoms with Gasteiger partial charge in [-0.3, -0.25) is 0 Å². The molecule has 0 amide bonds. The molecule has 1 atom stereocenters. The molecule has 2 aromatic rings. The number of nitrogens with one attached hydrogen (secondary N) is 1. The van der Waals surface area contributed by atoms with Gasteiger partial charge in [0.2, 0.25) is 11.8 Å². The second-order valence-electron chi connectivity index (χ2n) is 6.47. The second-order valence-corrected chi connectivity index (χ2v) is 6.47. The lowest BCUT2D eigenvalue weighted by Crippen LogP contribution is -2.35. The molecule has 3 heterocycles. The molecule has 5 heteroatoms. The van der Waals surface area contributed by atoms with Crippen LogP contribution in [-0.2, 0) is 4.74 Å². The predicted octanol–water partition coefficient (Wildman–Crippen LogP) is 2.53. The Balaban J connectivity index is 1.62. The minimum absolute atomic E-state index is 0.218. The van der Waals surface area contributed by atoms with Crippen LogP contribution in [0.5, 0.6) is 0 Å². The lowest BCUT2D eigenvalue weighted by molar-refractivity contribution is 0.0130. The molecular weight excluding hydrogens is 278 g/mol. The van der Waals surface area contributed by atoms with Gasteiger partial charge in [-0.1, -0.05) is 17.7 Å². The Morgan fingerprint density at radius 2 is 1.91 bits per heavy atom. The molecule has 2 saturated heterocycles. The molecule has 0 saturated carbocycles. The molecule has 116 valence electrons. The molecule has 1 unspecified atom stereocenters. The zero-order valence-electron chi connectivity index (χ0n) is 12.8. The summed E-state index contributed by atoms with van der Waals surface area (Å²) < 4.78 is 11.5. The van der Waals surface area contributed by atoms with E-state index in [1.165, 1.54) is 5.56 Å². The first kappa shape index (κ1) is 13.9. The molecule has 2 fully saturated rings. The van der Waals surface area contributed by atoms with Gasteiger partial charge in [-0.2, -0.15) is 0 Å². The van der Waals surface area contributed by atoms with Crippen LogP contribution < -0.4 is 5.32 Å². The summed E-state index contributed by atoms with van der Waals surface area (Å²) in [5.74, 6) is 1.68. The van der Waals surface area contributed by atoms with Crippen LogP contribution in [0.4, 0.5) is 0 Å². The van der Waals surface area contributed by atoms with Crippen molar-refractivity contribution in [2.75, 3.05) is 26.3 Å². The summed E-state index contributed by atoms with van der Waals surface area (Å²) in [6.45, 7) is 5.66. The van der Waals surface area contributed by atoms with Gasteiger partial charge in [-0.15, -0.1) is 10.2 Å². The topological polar surface area (TPSA) is 60.2 Å². The van der Waals surface area contributed by atoms with Gasteiger partial charge >= 0.3 is 0 Å². The van der Waals surface area contributed by atoms with E-state index in [-0.39, 0.29) is 5.41 Å². The van der Waals surface area contributed by atoms with Gasteiger partial charge in [0, 0.05) is 31.9 Å². The Bertz CT molecular complexity index is 644. The van der Waals surface area contributed by atoms with Crippen molar-refractivity contribution < 1.29 is 9.15 Å². The van der Waals surface area contributed by atoms with Crippen LogP contribution >= 0.6 is 0 Å². The van der Waals surface area contributed by atoms with E-state index in [2.05, 4.69) is 34.6 Å². The molecule has 5 nitrogen and oxygen atoms in total. The van der Waals surface area contributed by atoms with E-state index in [1.807, 2.05) is 12.1 Å². The van der Waals surface area contributed by atoms with Crippen LogP contribution in [0.2, 0.25) is 0 Å². The van der Waals surface area contributed by atoms with E-state index in [0.29, 0.717) is 11.8 Å². The number of rotatable bonds is 2. The van der Waals surface area contributed by atoms with Crippen molar-refractivity contribution >= 4 is 0 Å². The minimum Gasteiger partial charge on any atom is -0.420 e. The molecular formula is C17H21N3O2. The van der Waals surface area contributed by atoms with Crippen molar-refractivity contribution in [1.82, 2.24) is 15.5 Å². The molecule has 1 spiro atoms. The number of benzene rings is 1. The molecule has 0 radical (unpaired) electrons. The minimum atomic E-state index is 0.218. The number of ether oxygens (including phenoxy) is 1. The Kier molecular flexibility index (Phi) is 3.47. The van der Waals surface area contributed by atoms with E-state index >= 15 is 0 Å². The van der Waals surface area contributed by atoms with E-state index in [0.717, 1.165) is 50.6 Å². The predicted molar refractivity (Wildman–Crippen MR) is 82.6 cm³/mol. The summed E-state index contributed by atoms with van der Waals surface area (Å²) in [6.07, 6.45) is 2.12. The standard InChI is InChI=1S/C17H21N3O2/c1-12-2-4-13(5-3-12)15-19-20-16(22-15)14-10-18-11-17(14)6-8-21-9-7-17/h2-5,14,18H,6-11H2,1H3. The van der Waals surface area contributed by atoms with Crippen LogP contribution in [0.25, 0.3) is 11.5 Å². The first-order chi connectivity index (χ1) is 10.8. The third kappa shape index (κ3) is 2.34. The molecule has 0 aliphatic carbocycles. The summed E-state index contributed by atoms with van der Waals surface area (Å²) in [7, 11) is 0. The fraction of sp³-hybridized carbons (Fsp3) is 0.529. The van der Waals surface area contributed by atoms with Gasteiger partial charge in [0.25, 0.3) is 0 Å². The fourth-order valence-electron chi connectivity index (χ4n) is 3.65. The smallest absolute Gasteiger partial charge is 0.247 e. The average molecular weight is 299 g/mol. The Morgan fingerprint density at radius 3 is 2.68 bits per heavy atom. The SMILES string of the molecule is Cc1ccc(-c2nnc(C3CNCC34CCOCC4)o2)cc1. The summed E-state index contributed by atoms with van der Waals surface area (Å²) in [5.41, 5.74) is 2.43. The highest BCUT2D eigenvalue weighted by atomic mass is 16.5. The summed E-state index contributed by atoms with van der Waals surface area (Å²) in [5, 5.41) is 12.1. The van der Waals surface area contributed by atoms with Crippen LogP contribution in [0.3, 0.4) is 0 Å². The van der Waals surface area contributed by atoms with Gasteiger partial charge in [-0.05, 0) is 37.3 Å². The highest BCUT2D eigenvalue weighted by Gasteiger charge is 2.47. The Morgan fingerprint density at radius 1 is 1.14 bits per heavy atom. The Hall–Kier alpha value is -1.72. The van der Waals surface area contributed by atoms with E-state index in [1.54, 1.807) is 0 Å². The van der Waals surface area contributed by atoms with Crippen molar-refractivity contribution in [3.05, 3.63) is 35.7 Å². The molecule has 22 heavy (non-hydrogen) atoms. The molecule has 1 aromatic carbocycles. The number of hydrogen-bond acceptors (Lipinski definition) is 5. The second kappa shape index (κ2) is 5.48. The zero-order valence-corrected chi connectivity index (χ0v) is 12.8. The van der Waals surface area contributed by atoms with Crippen molar-refractivity contribution in [3.63, 3.8) is 0 Å². The maximum absolute atomic E-state index is 6.02. The lowest BCUT2D eigenvalue weighted by Gasteiger charge is -2.36. The Labute approximate surface area is 130 Å². The molecule has 2 aliphatic rings. The summed E-state index contributed by atoms with van der Waals surface area (Å²) in [6, 6.07) is 8.19. The fourth-order valence-corrected chi connectivity index (χ4v) is 3.65. The third-order valence-electron chi connectivity index (χ3n) is 5.09. The largest absolute Gasteiger partial charge is 0.420 e. The average Bonchev–Trinajstić information content (AvgIpc) is 3.16. The van der Waals surface area contributed by atoms with Gasteiger partial charge in [0.1, 0.15) is 0 Å². The lowest BCUT2D eigenvalue weighted by atomic mass is 9.72. The number of hydrogen-bond donors (Lipinski definition) is 1. The van der Waals surface area contributed by atoms with Crippen LogP contribution in [-0.4, -0.2) is 36.5 Å². The van der Waals surface area contributed by atoms with Crippen molar-refractivity contribution in [2.24, 2.45) is 5.41 Å². The van der Waals surface area contributed by atoms with Crippen LogP contribution in [0, 0.1) is 12.3 Å². The van der Waals surface area contributed by atoms with Gasteiger partial charge in [0.05, 0.1) is 5.92 Å². The maximum Gasteiger partial charge on any atom is 0.247 e. The normalized spacial score (nSPS) is 24.0. The number of aromatic nitrogens is 2.